The van der Waals surface area contributed by atoms with Gasteiger partial charge in [-0.1, -0.05) is 72.8 Å². The lowest BCUT2D eigenvalue weighted by atomic mass is 9.91. The van der Waals surface area contributed by atoms with Gasteiger partial charge in [0.05, 0.1) is 36.7 Å². The summed E-state index contributed by atoms with van der Waals surface area (Å²) in [6.45, 7) is 0. The number of ether oxygens (including phenoxy) is 2. The molecule has 0 saturated carbocycles. The van der Waals surface area contributed by atoms with Gasteiger partial charge in [-0.3, -0.25) is 19.4 Å². The van der Waals surface area contributed by atoms with E-state index in [2.05, 4.69) is 24.3 Å². The molecule has 2 heterocycles. The molecule has 238 valence electrons. The third-order valence-corrected chi connectivity index (χ3v) is 10.3. The molecule has 8 aromatic rings. The normalized spacial score (nSPS) is 13.4. The highest BCUT2D eigenvalue weighted by Crippen LogP contribution is 2.49. The maximum absolute atomic E-state index is 13.8. The second-order valence-corrected chi connectivity index (χ2v) is 12.7. The number of benzene rings is 8. The van der Waals surface area contributed by atoms with Crippen molar-refractivity contribution in [3.05, 3.63) is 145 Å². The zero-order valence-electron chi connectivity index (χ0n) is 27.2. The fourth-order valence-electron chi connectivity index (χ4n) is 8.07. The first-order chi connectivity index (χ1) is 24.6. The van der Waals surface area contributed by atoms with Crippen LogP contribution >= 0.6 is 0 Å². The molecule has 50 heavy (non-hydrogen) atoms. The predicted molar refractivity (Wildman–Crippen MR) is 201 cm³/mol. The standard InChI is InChI=1S/C44H28N2O4/c1-49-37-21-15-27-23-29(45-35-13-5-9-25-7-3-11-33(39(25)35)43(45)47)17-19-31(27)41(37)42-32-20-18-30(24-28(32)16-22-38(42)50-2)46-36-14-6-10-26-8-4-12-34(40(26)36)44(46)48/h3-24H,1-2H3. The molecule has 0 aliphatic carbocycles. The van der Waals surface area contributed by atoms with E-state index in [9.17, 15) is 9.59 Å². The average molecular weight is 649 g/mol. The number of carbonyl (C=O) groups is 2. The lowest BCUT2D eigenvalue weighted by Gasteiger charge is -2.22. The van der Waals surface area contributed by atoms with Crippen LogP contribution in [0.25, 0.3) is 54.2 Å². The van der Waals surface area contributed by atoms with Gasteiger partial charge in [0.25, 0.3) is 11.8 Å². The van der Waals surface area contributed by atoms with Gasteiger partial charge < -0.3 is 9.47 Å². The van der Waals surface area contributed by atoms with Crippen LogP contribution in [0.5, 0.6) is 11.5 Å². The summed E-state index contributed by atoms with van der Waals surface area (Å²) in [5, 5.41) is 7.88. The van der Waals surface area contributed by atoms with Gasteiger partial charge in [0, 0.05) is 33.3 Å². The van der Waals surface area contributed by atoms with Crippen molar-refractivity contribution >= 4 is 77.7 Å². The van der Waals surface area contributed by atoms with E-state index >= 15 is 0 Å². The molecule has 0 N–H and O–H groups in total. The molecular formula is C44H28N2O4. The van der Waals surface area contributed by atoms with Gasteiger partial charge in [0.1, 0.15) is 11.5 Å². The Kier molecular flexibility index (Phi) is 5.91. The first-order valence-corrected chi connectivity index (χ1v) is 16.5. The van der Waals surface area contributed by atoms with Crippen LogP contribution in [0.1, 0.15) is 20.7 Å². The molecule has 0 spiro atoms. The first kappa shape index (κ1) is 28.4. The molecule has 2 aliphatic heterocycles. The van der Waals surface area contributed by atoms with Gasteiger partial charge in [-0.05, 0) is 93.0 Å². The molecule has 6 heteroatoms. The van der Waals surface area contributed by atoms with E-state index in [4.69, 9.17) is 9.47 Å². The molecule has 8 aromatic carbocycles. The molecular weight excluding hydrogens is 620 g/mol. The number of amides is 2. The number of nitrogens with zero attached hydrogens (tertiary/aromatic N) is 2. The molecule has 0 saturated heterocycles. The largest absolute Gasteiger partial charge is 0.496 e. The van der Waals surface area contributed by atoms with Crippen molar-refractivity contribution in [2.45, 2.75) is 0 Å². The summed E-state index contributed by atoms with van der Waals surface area (Å²) >= 11 is 0. The summed E-state index contributed by atoms with van der Waals surface area (Å²) in [5.74, 6) is 1.33. The van der Waals surface area contributed by atoms with Gasteiger partial charge in [0.15, 0.2) is 0 Å². The summed E-state index contributed by atoms with van der Waals surface area (Å²) in [6.07, 6.45) is 0. The van der Waals surface area contributed by atoms with Crippen LogP contribution in [0, 0.1) is 0 Å². The number of carbonyl (C=O) groups excluding carboxylic acids is 2. The van der Waals surface area contributed by atoms with Crippen LogP contribution in [0.15, 0.2) is 133 Å². The zero-order valence-corrected chi connectivity index (χ0v) is 27.2. The summed E-state index contributed by atoms with van der Waals surface area (Å²) in [5.41, 5.74) is 6.57. The average Bonchev–Trinajstić information content (AvgIpc) is 3.62. The molecule has 0 aromatic heterocycles. The van der Waals surface area contributed by atoms with Gasteiger partial charge in [0.2, 0.25) is 0 Å². The molecule has 2 aliphatic rings. The van der Waals surface area contributed by atoms with Crippen molar-refractivity contribution in [1.29, 1.82) is 0 Å². The highest BCUT2D eigenvalue weighted by atomic mass is 16.5. The lowest BCUT2D eigenvalue weighted by molar-refractivity contribution is 0.0997. The number of fused-ring (bicyclic) bond motifs is 2. The van der Waals surface area contributed by atoms with Crippen LogP contribution in [0.2, 0.25) is 0 Å². The second kappa shape index (κ2) is 10.4. The van der Waals surface area contributed by atoms with Crippen LogP contribution in [0.4, 0.5) is 22.7 Å². The minimum absolute atomic E-state index is 0.0350. The Morgan fingerprint density at radius 2 is 0.860 bits per heavy atom. The van der Waals surface area contributed by atoms with Crippen molar-refractivity contribution < 1.29 is 19.1 Å². The Morgan fingerprint density at radius 1 is 0.440 bits per heavy atom. The number of hydrogen-bond donors (Lipinski definition) is 0. The first-order valence-electron chi connectivity index (χ1n) is 16.5. The Morgan fingerprint density at radius 3 is 1.28 bits per heavy atom. The fourth-order valence-corrected chi connectivity index (χ4v) is 8.07. The third-order valence-electron chi connectivity index (χ3n) is 10.3. The molecule has 10 rings (SSSR count). The van der Waals surface area contributed by atoms with E-state index in [1.165, 1.54) is 0 Å². The summed E-state index contributed by atoms with van der Waals surface area (Å²) in [4.78, 5) is 31.1. The minimum Gasteiger partial charge on any atom is -0.496 e. The Labute approximate surface area is 287 Å². The lowest BCUT2D eigenvalue weighted by Crippen LogP contribution is -2.20. The van der Waals surface area contributed by atoms with E-state index in [-0.39, 0.29) is 11.8 Å². The highest BCUT2D eigenvalue weighted by Gasteiger charge is 2.32. The SMILES string of the molecule is COc1ccc2cc(N3C(=O)c4cccc5cccc3c45)ccc2c1-c1c(OC)ccc2cc(N3C(=O)c4cccc5cccc3c45)ccc12. The van der Waals surface area contributed by atoms with Crippen LogP contribution in [0.3, 0.4) is 0 Å². The van der Waals surface area contributed by atoms with Crippen LogP contribution < -0.4 is 19.3 Å². The summed E-state index contributed by atoms with van der Waals surface area (Å²) in [6, 6.07) is 44.1. The minimum atomic E-state index is -0.0350. The quantitative estimate of drug-likeness (QED) is 0.186. The van der Waals surface area contributed by atoms with E-state index in [0.717, 1.165) is 77.0 Å². The molecule has 0 bridgehead atoms. The molecule has 6 nitrogen and oxygen atoms in total. The van der Waals surface area contributed by atoms with Crippen LogP contribution in [-0.4, -0.2) is 26.0 Å². The number of hydrogen-bond acceptors (Lipinski definition) is 4. The Balaban J connectivity index is 1.13. The van der Waals surface area contributed by atoms with E-state index in [1.807, 2.05) is 109 Å². The molecule has 0 fully saturated rings. The van der Waals surface area contributed by atoms with Crippen molar-refractivity contribution in [1.82, 2.24) is 0 Å². The predicted octanol–water partition coefficient (Wildman–Crippen LogP) is 10.6. The fraction of sp³-hybridized carbons (Fsp3) is 0.0455. The topological polar surface area (TPSA) is 59.1 Å². The summed E-state index contributed by atoms with van der Waals surface area (Å²) < 4.78 is 12.0. The van der Waals surface area contributed by atoms with E-state index in [1.54, 1.807) is 24.0 Å². The second-order valence-electron chi connectivity index (χ2n) is 12.7. The molecule has 0 unspecified atom stereocenters. The maximum atomic E-state index is 13.8. The highest BCUT2D eigenvalue weighted by molar-refractivity contribution is 6.29. The van der Waals surface area contributed by atoms with Crippen molar-refractivity contribution in [3.63, 3.8) is 0 Å². The van der Waals surface area contributed by atoms with Crippen LogP contribution in [-0.2, 0) is 0 Å². The number of rotatable bonds is 5. The van der Waals surface area contributed by atoms with Crippen molar-refractivity contribution in [2.75, 3.05) is 24.0 Å². The smallest absolute Gasteiger partial charge is 0.263 e. The number of methoxy groups -OCH3 is 2. The van der Waals surface area contributed by atoms with E-state index < -0.39 is 0 Å². The van der Waals surface area contributed by atoms with Gasteiger partial charge in [-0.2, -0.15) is 0 Å². The Bertz CT molecular complexity index is 2600. The van der Waals surface area contributed by atoms with Crippen molar-refractivity contribution in [2.24, 2.45) is 0 Å². The van der Waals surface area contributed by atoms with Gasteiger partial charge >= 0.3 is 0 Å². The van der Waals surface area contributed by atoms with E-state index in [0.29, 0.717) is 22.6 Å². The van der Waals surface area contributed by atoms with Gasteiger partial charge in [-0.15, -0.1) is 0 Å². The third kappa shape index (κ3) is 3.78. The Hall–Kier alpha value is -6.66. The zero-order chi connectivity index (χ0) is 33.7. The summed E-state index contributed by atoms with van der Waals surface area (Å²) in [7, 11) is 3.35. The maximum Gasteiger partial charge on any atom is 0.263 e. The number of anilines is 4. The molecule has 0 radical (unpaired) electrons. The molecule has 0 atom stereocenters. The monoisotopic (exact) mass is 648 g/mol. The molecule has 2 amide bonds. The van der Waals surface area contributed by atoms with Crippen molar-refractivity contribution in [3.8, 4) is 22.6 Å². The van der Waals surface area contributed by atoms with Gasteiger partial charge in [-0.25, -0.2) is 0 Å².